The van der Waals surface area contributed by atoms with E-state index in [0.717, 1.165) is 31.2 Å². The van der Waals surface area contributed by atoms with E-state index in [2.05, 4.69) is 15.8 Å². The van der Waals surface area contributed by atoms with Crippen LogP contribution in [0.1, 0.15) is 57.9 Å². The van der Waals surface area contributed by atoms with E-state index in [1.807, 2.05) is 41.7 Å². The summed E-state index contributed by atoms with van der Waals surface area (Å²) in [5, 5.41) is 3.73. The van der Waals surface area contributed by atoms with Gasteiger partial charge in [-0.25, -0.2) is 0 Å². The third-order valence-electron chi connectivity index (χ3n) is 3.57. The van der Waals surface area contributed by atoms with Gasteiger partial charge < -0.3 is 19.8 Å². The highest BCUT2D eigenvalue weighted by Crippen LogP contribution is 2.22. The lowest BCUT2D eigenvalue weighted by molar-refractivity contribution is -0.111. The lowest BCUT2D eigenvalue weighted by Crippen LogP contribution is -2.25. The number of rotatable bonds is 4. The summed E-state index contributed by atoms with van der Waals surface area (Å²) in [6.07, 6.45) is 4.18. The fourth-order valence-corrected chi connectivity index (χ4v) is 2.20. The van der Waals surface area contributed by atoms with Crippen molar-refractivity contribution in [1.82, 2.24) is 10.1 Å². The Morgan fingerprint density at radius 3 is 2.17 bits per heavy atom. The van der Waals surface area contributed by atoms with E-state index in [1.165, 1.54) is 13.5 Å². The van der Waals surface area contributed by atoms with E-state index in [0.29, 0.717) is 5.76 Å². The van der Waals surface area contributed by atoms with Crippen molar-refractivity contribution in [1.29, 1.82) is 0 Å². The van der Waals surface area contributed by atoms with Crippen molar-refractivity contribution in [2.75, 3.05) is 20.6 Å². The van der Waals surface area contributed by atoms with E-state index in [4.69, 9.17) is 4.52 Å². The van der Waals surface area contributed by atoms with E-state index in [1.54, 1.807) is 6.07 Å². The van der Waals surface area contributed by atoms with Gasteiger partial charge in [-0.3, -0.25) is 4.90 Å². The third-order valence-corrected chi connectivity index (χ3v) is 3.57. The molecule has 24 heavy (non-hydrogen) atoms. The van der Waals surface area contributed by atoms with Gasteiger partial charge in [-0.1, -0.05) is 32.9 Å². The molecule has 2 N–H and O–H groups in total. The standard InChI is InChI=1S/C9H13NO2.C6H11NO.C2H6.CH5N/c1-6(2)8(5-11)9-4-7(3)10-12-9;1-7-4-2-3-6(7)5-8;2*1-2/h4-6,8H,1-3H3;5-6H,2-4H2,1H3;1-2H3;2H2,1H3. The van der Waals surface area contributed by atoms with Gasteiger partial charge in [0.15, 0.2) is 0 Å². The molecule has 1 saturated heterocycles. The molecule has 2 unspecified atom stereocenters. The van der Waals surface area contributed by atoms with Crippen molar-refractivity contribution in [3.05, 3.63) is 17.5 Å². The van der Waals surface area contributed by atoms with Crippen LogP contribution in [0.4, 0.5) is 0 Å². The first-order chi connectivity index (χ1) is 11.5. The number of hydrogen-bond acceptors (Lipinski definition) is 6. The maximum absolute atomic E-state index is 10.7. The van der Waals surface area contributed by atoms with Crippen LogP contribution < -0.4 is 5.73 Å². The number of aromatic nitrogens is 1. The molecule has 0 radical (unpaired) electrons. The van der Waals surface area contributed by atoms with Crippen LogP contribution in [0, 0.1) is 12.8 Å². The monoisotopic (exact) mass is 341 g/mol. The third kappa shape index (κ3) is 8.93. The van der Waals surface area contributed by atoms with Crippen molar-refractivity contribution in [3.8, 4) is 0 Å². The number of hydrogen-bond donors (Lipinski definition) is 1. The second-order valence-corrected chi connectivity index (χ2v) is 5.60. The van der Waals surface area contributed by atoms with Crippen molar-refractivity contribution < 1.29 is 14.1 Å². The predicted octanol–water partition coefficient (Wildman–Crippen LogP) is 2.80. The summed E-state index contributed by atoms with van der Waals surface area (Å²) in [6.45, 7) is 10.9. The molecule has 0 aromatic carbocycles. The molecule has 1 aromatic heterocycles. The number of likely N-dealkylation sites (N-methyl/N-ethyl adjacent to an activating group) is 1. The average Bonchev–Trinajstić information content (AvgIpc) is 3.20. The number of likely N-dealkylation sites (tertiary alicyclic amines) is 1. The van der Waals surface area contributed by atoms with Crippen LogP contribution in [-0.4, -0.2) is 49.3 Å². The van der Waals surface area contributed by atoms with Gasteiger partial charge in [-0.15, -0.1) is 0 Å². The average molecular weight is 341 g/mol. The molecule has 2 atom stereocenters. The Bertz CT molecular complexity index is 433. The van der Waals surface area contributed by atoms with E-state index >= 15 is 0 Å². The van der Waals surface area contributed by atoms with Crippen molar-refractivity contribution in [2.45, 2.75) is 59.4 Å². The quantitative estimate of drug-likeness (QED) is 0.847. The van der Waals surface area contributed by atoms with Crippen molar-refractivity contribution >= 4 is 12.6 Å². The van der Waals surface area contributed by atoms with Crippen molar-refractivity contribution in [2.24, 2.45) is 11.7 Å². The number of aryl methyl sites for hydroxylation is 1. The molecule has 0 amide bonds. The summed E-state index contributed by atoms with van der Waals surface area (Å²) in [4.78, 5) is 22.9. The number of nitrogens with zero attached hydrogens (tertiary/aromatic N) is 2. The van der Waals surface area contributed by atoms with Crippen LogP contribution >= 0.6 is 0 Å². The first-order valence-corrected chi connectivity index (χ1v) is 8.61. The normalized spacial score (nSPS) is 17.5. The Balaban J connectivity index is 0. The van der Waals surface area contributed by atoms with Crippen LogP contribution in [0.2, 0.25) is 0 Å². The van der Waals surface area contributed by atoms with Gasteiger partial charge in [0, 0.05) is 6.07 Å². The van der Waals surface area contributed by atoms with E-state index in [9.17, 15) is 9.59 Å². The molecule has 2 heterocycles. The molecule has 0 spiro atoms. The van der Waals surface area contributed by atoms with Gasteiger partial charge in [0.25, 0.3) is 0 Å². The summed E-state index contributed by atoms with van der Waals surface area (Å²) in [6, 6.07) is 2.02. The lowest BCUT2D eigenvalue weighted by Gasteiger charge is -2.10. The zero-order valence-corrected chi connectivity index (χ0v) is 16.3. The molecule has 1 aliphatic rings. The Kier molecular flexibility index (Phi) is 15.5. The molecular formula is C18H35N3O3. The largest absolute Gasteiger partial charge is 0.360 e. The minimum absolute atomic E-state index is 0.161. The Morgan fingerprint density at radius 2 is 1.92 bits per heavy atom. The van der Waals surface area contributed by atoms with Gasteiger partial charge in [0.2, 0.25) is 0 Å². The highest BCUT2D eigenvalue weighted by molar-refractivity contribution is 5.60. The smallest absolute Gasteiger partial charge is 0.147 e. The van der Waals surface area contributed by atoms with E-state index in [-0.39, 0.29) is 17.9 Å². The Hall–Kier alpha value is -1.53. The SMILES string of the molecule is CC.CN.CN1CCCC1C=O.Cc1cc(C(C=O)C(C)C)on1. The molecule has 2 rings (SSSR count). The fourth-order valence-electron chi connectivity index (χ4n) is 2.20. The van der Waals surface area contributed by atoms with E-state index < -0.39 is 0 Å². The summed E-state index contributed by atoms with van der Waals surface area (Å²) in [5.74, 6) is 0.763. The summed E-state index contributed by atoms with van der Waals surface area (Å²) < 4.78 is 5.00. The van der Waals surface area contributed by atoms with Crippen molar-refractivity contribution in [3.63, 3.8) is 0 Å². The van der Waals surface area contributed by atoms with Crippen LogP contribution in [0.3, 0.4) is 0 Å². The van der Waals surface area contributed by atoms with Crippen LogP contribution in [0.15, 0.2) is 10.6 Å². The topological polar surface area (TPSA) is 89.4 Å². The molecular weight excluding hydrogens is 306 g/mol. The molecule has 0 bridgehead atoms. The molecule has 0 aliphatic carbocycles. The summed E-state index contributed by atoms with van der Waals surface area (Å²) in [7, 11) is 3.49. The van der Waals surface area contributed by atoms with Gasteiger partial charge in [0.05, 0.1) is 17.7 Å². The van der Waals surface area contributed by atoms with Crippen LogP contribution in [-0.2, 0) is 9.59 Å². The highest BCUT2D eigenvalue weighted by atomic mass is 16.5. The number of aldehydes is 2. The maximum atomic E-state index is 10.7. The first kappa shape index (κ1) is 24.7. The highest BCUT2D eigenvalue weighted by Gasteiger charge is 2.19. The summed E-state index contributed by atoms with van der Waals surface area (Å²) in [5.41, 5.74) is 5.32. The molecule has 1 aliphatic heterocycles. The molecule has 1 fully saturated rings. The van der Waals surface area contributed by atoms with Crippen LogP contribution in [0.25, 0.3) is 0 Å². The Labute approximate surface area is 146 Å². The molecule has 6 nitrogen and oxygen atoms in total. The summed E-state index contributed by atoms with van der Waals surface area (Å²) >= 11 is 0. The van der Waals surface area contributed by atoms with Gasteiger partial charge in [-0.05, 0) is 46.3 Å². The zero-order valence-electron chi connectivity index (χ0n) is 16.3. The Morgan fingerprint density at radius 1 is 1.33 bits per heavy atom. The maximum Gasteiger partial charge on any atom is 0.147 e. The lowest BCUT2D eigenvalue weighted by atomic mass is 9.95. The second kappa shape index (κ2) is 15.0. The van der Waals surface area contributed by atoms with Gasteiger partial charge in [0.1, 0.15) is 18.3 Å². The van der Waals surface area contributed by atoms with Gasteiger partial charge in [-0.2, -0.15) is 0 Å². The zero-order chi connectivity index (χ0) is 19.1. The number of carbonyl (C=O) groups is 2. The fraction of sp³-hybridized carbons (Fsp3) is 0.722. The number of carbonyl (C=O) groups excluding carboxylic acids is 2. The minimum Gasteiger partial charge on any atom is -0.360 e. The molecule has 0 saturated carbocycles. The first-order valence-electron chi connectivity index (χ1n) is 8.61. The van der Waals surface area contributed by atoms with Crippen LogP contribution in [0.5, 0.6) is 0 Å². The second-order valence-electron chi connectivity index (χ2n) is 5.60. The molecule has 1 aromatic rings. The minimum atomic E-state index is -0.161. The molecule has 140 valence electrons. The number of nitrogens with two attached hydrogens (primary N) is 1. The van der Waals surface area contributed by atoms with Gasteiger partial charge >= 0.3 is 0 Å². The predicted molar refractivity (Wildman–Crippen MR) is 98.1 cm³/mol. The molecule has 6 heteroatoms.